The van der Waals surface area contributed by atoms with E-state index in [1.54, 1.807) is 0 Å². The number of nitrogens with one attached hydrogen (secondary N) is 1. The van der Waals surface area contributed by atoms with Gasteiger partial charge in [0.15, 0.2) is 4.99 Å². The van der Waals surface area contributed by atoms with Crippen molar-refractivity contribution in [2.75, 3.05) is 6.61 Å². The van der Waals surface area contributed by atoms with Crippen LogP contribution in [-0.2, 0) is 11.2 Å². The number of hydrogen-bond acceptors (Lipinski definition) is 5. The number of hydrogen-bond donors (Lipinski definition) is 3. The summed E-state index contributed by atoms with van der Waals surface area (Å²) in [5.41, 5.74) is 12.9. The molecule has 1 heterocycles. The highest BCUT2D eigenvalue weighted by Crippen LogP contribution is 2.45. The fourth-order valence-corrected chi connectivity index (χ4v) is 4.65. The van der Waals surface area contributed by atoms with Crippen molar-refractivity contribution in [1.82, 2.24) is 5.32 Å². The summed E-state index contributed by atoms with van der Waals surface area (Å²) in [7, 11) is 0. The summed E-state index contributed by atoms with van der Waals surface area (Å²) in [4.78, 5) is -1.41. The van der Waals surface area contributed by atoms with E-state index in [-0.39, 0.29) is 17.9 Å². The van der Waals surface area contributed by atoms with Crippen molar-refractivity contribution >= 4 is 17.5 Å². The van der Waals surface area contributed by atoms with Crippen molar-refractivity contribution in [2.24, 2.45) is 11.5 Å². The predicted octanol–water partition coefficient (Wildman–Crippen LogP) is 6.27. The number of thioether (sulfide) groups is 1. The van der Waals surface area contributed by atoms with Crippen LogP contribution < -0.4 is 21.5 Å². The molecule has 33 heavy (non-hydrogen) atoms. The average molecular weight is 484 g/mol. The Balaban J connectivity index is 1.74. The SMILES string of the molecule is CCCCCCCCOc1ccc(C2(N)NC(c3ccc(F)cc3)=C(N)S2)cc1C(F)(F)F. The van der Waals surface area contributed by atoms with Crippen molar-refractivity contribution < 1.29 is 22.3 Å². The molecule has 0 saturated carbocycles. The third-order valence-electron chi connectivity index (χ3n) is 5.43. The predicted molar refractivity (Wildman–Crippen MR) is 124 cm³/mol. The zero-order valence-corrected chi connectivity index (χ0v) is 19.3. The summed E-state index contributed by atoms with van der Waals surface area (Å²) in [6.45, 7) is 2.35. The molecule has 9 heteroatoms. The van der Waals surface area contributed by atoms with Crippen LogP contribution in [0.1, 0.15) is 62.1 Å². The van der Waals surface area contributed by atoms with Crippen LogP contribution in [0.15, 0.2) is 47.5 Å². The Hall–Kier alpha value is -2.39. The highest BCUT2D eigenvalue weighted by atomic mass is 32.2. The highest BCUT2D eigenvalue weighted by Gasteiger charge is 2.41. The standard InChI is InChI=1S/C24H29F4N3OS/c1-2-3-4-5-6-7-14-32-20-13-10-17(15-19(20)23(26,27)28)24(30)31-21(22(29)33-24)16-8-11-18(25)12-9-16/h8-13,15,31H,2-7,14,29-30H2,1H3. The summed E-state index contributed by atoms with van der Waals surface area (Å²) < 4.78 is 60.1. The first-order chi connectivity index (χ1) is 15.6. The second kappa shape index (κ2) is 10.7. The molecule has 0 spiro atoms. The van der Waals surface area contributed by atoms with Gasteiger partial charge in [0.05, 0.1) is 22.9 Å². The third-order valence-corrected chi connectivity index (χ3v) is 6.51. The molecular formula is C24H29F4N3OS. The minimum absolute atomic E-state index is 0.201. The molecule has 0 saturated heterocycles. The number of rotatable bonds is 10. The summed E-state index contributed by atoms with van der Waals surface area (Å²) in [6.07, 6.45) is 1.48. The van der Waals surface area contributed by atoms with Crippen LogP contribution in [0, 0.1) is 5.82 Å². The summed E-state index contributed by atoms with van der Waals surface area (Å²) in [5.74, 6) is -0.625. The van der Waals surface area contributed by atoms with Gasteiger partial charge in [-0.15, -0.1) is 0 Å². The minimum atomic E-state index is -4.61. The third kappa shape index (κ3) is 6.35. The first kappa shape index (κ1) is 25.2. The molecule has 1 aliphatic rings. The number of halogens is 4. The van der Waals surface area contributed by atoms with Gasteiger partial charge in [0.1, 0.15) is 11.6 Å². The quantitative estimate of drug-likeness (QED) is 0.274. The highest BCUT2D eigenvalue weighted by molar-refractivity contribution is 8.04. The lowest BCUT2D eigenvalue weighted by atomic mass is 10.1. The summed E-state index contributed by atoms with van der Waals surface area (Å²) >= 11 is 1.01. The molecule has 0 bridgehead atoms. The molecule has 0 aliphatic carbocycles. The Kier molecular flexibility index (Phi) is 8.18. The molecule has 5 N–H and O–H groups in total. The van der Waals surface area contributed by atoms with E-state index in [1.165, 1.54) is 36.4 Å². The zero-order valence-electron chi connectivity index (χ0n) is 18.5. The fraction of sp³-hybridized carbons (Fsp3) is 0.417. The van der Waals surface area contributed by atoms with Gasteiger partial charge in [-0.25, -0.2) is 4.39 Å². The van der Waals surface area contributed by atoms with Crippen LogP contribution in [0.25, 0.3) is 5.70 Å². The van der Waals surface area contributed by atoms with Crippen LogP contribution in [0.5, 0.6) is 5.75 Å². The molecule has 2 aromatic rings. The minimum Gasteiger partial charge on any atom is -0.493 e. The number of ether oxygens (including phenoxy) is 1. The van der Waals surface area contributed by atoms with E-state index in [9.17, 15) is 17.6 Å². The van der Waals surface area contributed by atoms with Gasteiger partial charge in [0, 0.05) is 11.1 Å². The van der Waals surface area contributed by atoms with Crippen LogP contribution >= 0.6 is 11.8 Å². The molecule has 0 amide bonds. The fourth-order valence-electron chi connectivity index (χ4n) is 3.63. The second-order valence-electron chi connectivity index (χ2n) is 8.03. The van der Waals surface area contributed by atoms with Crippen LogP contribution in [0.4, 0.5) is 17.6 Å². The van der Waals surface area contributed by atoms with Crippen molar-refractivity contribution in [3.8, 4) is 5.75 Å². The average Bonchev–Trinajstić information content (AvgIpc) is 3.08. The van der Waals surface area contributed by atoms with Crippen LogP contribution in [0.3, 0.4) is 0 Å². The smallest absolute Gasteiger partial charge is 0.419 e. The topological polar surface area (TPSA) is 73.3 Å². The van der Waals surface area contributed by atoms with Gasteiger partial charge in [-0.3, -0.25) is 5.73 Å². The number of nitrogens with two attached hydrogens (primary N) is 2. The van der Waals surface area contributed by atoms with Gasteiger partial charge in [-0.1, -0.05) is 56.9 Å². The van der Waals surface area contributed by atoms with E-state index in [1.807, 2.05) is 0 Å². The molecule has 4 nitrogen and oxygen atoms in total. The molecule has 1 atom stereocenters. The molecule has 0 fully saturated rings. The van der Waals surface area contributed by atoms with Crippen molar-refractivity contribution in [3.63, 3.8) is 0 Å². The zero-order chi connectivity index (χ0) is 24.1. The molecule has 180 valence electrons. The van der Waals surface area contributed by atoms with Gasteiger partial charge in [-0.2, -0.15) is 13.2 Å². The van der Waals surface area contributed by atoms with Gasteiger partial charge < -0.3 is 15.8 Å². The van der Waals surface area contributed by atoms with E-state index in [2.05, 4.69) is 12.2 Å². The lowest BCUT2D eigenvalue weighted by Crippen LogP contribution is -2.43. The Morgan fingerprint density at radius 2 is 1.67 bits per heavy atom. The maximum atomic E-state index is 13.8. The number of alkyl halides is 3. The Bertz CT molecular complexity index is 979. The number of unbranched alkanes of at least 4 members (excludes halogenated alkanes) is 5. The summed E-state index contributed by atoms with van der Waals surface area (Å²) in [5, 5.41) is 3.32. The van der Waals surface area contributed by atoms with E-state index in [0.29, 0.717) is 22.7 Å². The maximum Gasteiger partial charge on any atom is 0.419 e. The van der Waals surface area contributed by atoms with Gasteiger partial charge in [0.25, 0.3) is 0 Å². The molecule has 2 aromatic carbocycles. The van der Waals surface area contributed by atoms with E-state index in [0.717, 1.165) is 49.9 Å². The van der Waals surface area contributed by atoms with Crippen molar-refractivity contribution in [1.29, 1.82) is 0 Å². The van der Waals surface area contributed by atoms with Crippen LogP contribution in [0.2, 0.25) is 0 Å². The lowest BCUT2D eigenvalue weighted by molar-refractivity contribution is -0.139. The molecule has 1 unspecified atom stereocenters. The molecule has 1 aliphatic heterocycles. The molecule has 3 rings (SSSR count). The van der Waals surface area contributed by atoms with E-state index < -0.39 is 22.6 Å². The Morgan fingerprint density at radius 1 is 1.00 bits per heavy atom. The first-order valence-electron chi connectivity index (χ1n) is 11.0. The first-order valence-corrected chi connectivity index (χ1v) is 11.8. The number of benzene rings is 2. The van der Waals surface area contributed by atoms with Gasteiger partial charge >= 0.3 is 6.18 Å². The van der Waals surface area contributed by atoms with Crippen molar-refractivity contribution in [2.45, 2.75) is 56.6 Å². The Labute approximate surface area is 195 Å². The maximum absolute atomic E-state index is 13.8. The van der Waals surface area contributed by atoms with E-state index >= 15 is 0 Å². The molecule has 0 radical (unpaired) electrons. The van der Waals surface area contributed by atoms with Crippen LogP contribution in [-0.4, -0.2) is 6.61 Å². The monoisotopic (exact) mass is 483 g/mol. The largest absolute Gasteiger partial charge is 0.493 e. The second-order valence-corrected chi connectivity index (χ2v) is 9.32. The normalized spacial score (nSPS) is 18.5. The molecular weight excluding hydrogens is 454 g/mol. The Morgan fingerprint density at radius 3 is 2.33 bits per heavy atom. The van der Waals surface area contributed by atoms with Gasteiger partial charge in [0.2, 0.25) is 0 Å². The lowest BCUT2D eigenvalue weighted by Gasteiger charge is -2.27. The summed E-state index contributed by atoms with van der Waals surface area (Å²) in [6, 6.07) is 9.41. The molecule has 0 aromatic heterocycles. The van der Waals surface area contributed by atoms with Gasteiger partial charge in [-0.05, 0) is 42.8 Å². The van der Waals surface area contributed by atoms with E-state index in [4.69, 9.17) is 16.2 Å². The van der Waals surface area contributed by atoms with Crippen molar-refractivity contribution in [3.05, 3.63) is 70.0 Å².